The van der Waals surface area contributed by atoms with Crippen LogP contribution >= 0.6 is 0 Å². The van der Waals surface area contributed by atoms with E-state index >= 15 is 0 Å². The van der Waals surface area contributed by atoms with Gasteiger partial charge in [0, 0.05) is 0 Å². The molecule has 5 heteroatoms. The van der Waals surface area contributed by atoms with Crippen LogP contribution in [0.4, 0.5) is 0 Å². The van der Waals surface area contributed by atoms with Crippen LogP contribution in [0.15, 0.2) is 60.7 Å². The molecule has 0 N–H and O–H groups in total. The van der Waals surface area contributed by atoms with E-state index in [-0.39, 0.29) is 0 Å². The summed E-state index contributed by atoms with van der Waals surface area (Å²) in [5.41, 5.74) is 0.751. The number of hydrogen-bond acceptors (Lipinski definition) is 5. The predicted molar refractivity (Wildman–Crippen MR) is 102 cm³/mol. The quantitative estimate of drug-likeness (QED) is 0.464. The summed E-state index contributed by atoms with van der Waals surface area (Å²) in [6.45, 7) is 1.63. The van der Waals surface area contributed by atoms with Gasteiger partial charge in [0.05, 0.1) is 11.1 Å². The van der Waals surface area contributed by atoms with Crippen LogP contribution in [-0.2, 0) is 14.3 Å². The van der Waals surface area contributed by atoms with Crippen LogP contribution in [0, 0.1) is 0 Å². The molecule has 0 heterocycles. The lowest BCUT2D eigenvalue weighted by Gasteiger charge is -2.17. The molecule has 27 heavy (non-hydrogen) atoms. The van der Waals surface area contributed by atoms with E-state index in [1.807, 2.05) is 0 Å². The minimum atomic E-state index is -0.923. The van der Waals surface area contributed by atoms with Crippen molar-refractivity contribution in [3.63, 3.8) is 0 Å². The van der Waals surface area contributed by atoms with Gasteiger partial charge in [-0.25, -0.2) is 9.59 Å². The van der Waals surface area contributed by atoms with E-state index in [0.717, 1.165) is 19.3 Å². The third kappa shape index (κ3) is 6.70. The summed E-state index contributed by atoms with van der Waals surface area (Å²) in [7, 11) is 0. The van der Waals surface area contributed by atoms with Crippen molar-refractivity contribution >= 4 is 17.7 Å². The first-order chi connectivity index (χ1) is 13.1. The molecule has 5 nitrogen and oxygen atoms in total. The molecule has 0 aromatic heterocycles. The first-order valence-electron chi connectivity index (χ1n) is 9.12. The van der Waals surface area contributed by atoms with Gasteiger partial charge in [0.2, 0.25) is 5.78 Å². The number of hydrogen-bond donors (Lipinski definition) is 0. The fraction of sp³-hybridized carbons (Fsp3) is 0.318. The second kappa shape index (κ2) is 10.9. The summed E-state index contributed by atoms with van der Waals surface area (Å²) in [6.07, 6.45) is 2.15. The van der Waals surface area contributed by atoms with E-state index in [0.29, 0.717) is 17.5 Å². The van der Waals surface area contributed by atoms with Crippen molar-refractivity contribution in [2.75, 3.05) is 6.61 Å². The Morgan fingerprint density at radius 1 is 0.815 bits per heavy atom. The number of unbranched alkanes of at least 4 members (excludes halogenated alkanes) is 2. The van der Waals surface area contributed by atoms with Crippen LogP contribution in [0.5, 0.6) is 0 Å². The highest BCUT2D eigenvalue weighted by Crippen LogP contribution is 2.12. The standard InChI is InChI=1S/C22H24O5/c1-2-3-6-15-20(27-22(25)18-13-9-5-10-14-18)19(23)16-26-21(24)17-11-7-4-8-12-17/h4-5,7-14,20H,2-3,6,15-16H2,1H3/t20-/m0/s1. The van der Waals surface area contributed by atoms with Crippen molar-refractivity contribution in [1.82, 2.24) is 0 Å². The molecule has 0 spiro atoms. The Kier molecular flexibility index (Phi) is 8.23. The lowest BCUT2D eigenvalue weighted by atomic mass is 10.1. The molecular formula is C22H24O5. The maximum atomic E-state index is 12.5. The Labute approximate surface area is 159 Å². The number of rotatable bonds is 10. The molecule has 142 valence electrons. The summed E-state index contributed by atoms with van der Waals surface area (Å²) in [5, 5.41) is 0. The monoisotopic (exact) mass is 368 g/mol. The molecule has 2 aromatic rings. The highest BCUT2D eigenvalue weighted by Gasteiger charge is 2.24. The van der Waals surface area contributed by atoms with E-state index in [4.69, 9.17) is 9.47 Å². The molecule has 0 bridgehead atoms. The van der Waals surface area contributed by atoms with Gasteiger partial charge in [-0.3, -0.25) is 4.79 Å². The van der Waals surface area contributed by atoms with Crippen molar-refractivity contribution in [2.24, 2.45) is 0 Å². The molecule has 0 amide bonds. The van der Waals surface area contributed by atoms with Crippen LogP contribution in [-0.4, -0.2) is 30.4 Å². The van der Waals surface area contributed by atoms with E-state index in [9.17, 15) is 14.4 Å². The summed E-state index contributed by atoms with van der Waals surface area (Å²) < 4.78 is 10.5. The first kappa shape index (κ1) is 20.4. The SMILES string of the molecule is CCCCC[C@H](OC(=O)c1ccccc1)C(=O)COC(=O)c1ccccc1. The minimum Gasteiger partial charge on any atom is -0.454 e. The highest BCUT2D eigenvalue weighted by molar-refractivity contribution is 5.95. The number of ketones is 1. The maximum Gasteiger partial charge on any atom is 0.338 e. The summed E-state index contributed by atoms with van der Waals surface area (Å²) >= 11 is 0. The van der Waals surface area contributed by atoms with Gasteiger partial charge < -0.3 is 9.47 Å². The van der Waals surface area contributed by atoms with Gasteiger partial charge in [0.15, 0.2) is 12.7 Å². The van der Waals surface area contributed by atoms with E-state index < -0.39 is 30.4 Å². The topological polar surface area (TPSA) is 69.7 Å². The average Bonchev–Trinajstić information content (AvgIpc) is 2.72. The third-order valence-corrected chi connectivity index (χ3v) is 4.04. The van der Waals surface area contributed by atoms with Crippen LogP contribution in [0.3, 0.4) is 0 Å². The number of ether oxygens (including phenoxy) is 2. The number of carbonyl (C=O) groups is 3. The lowest BCUT2D eigenvalue weighted by Crippen LogP contribution is -2.31. The molecule has 2 rings (SSSR count). The largest absolute Gasteiger partial charge is 0.454 e. The van der Waals surface area contributed by atoms with E-state index in [2.05, 4.69) is 6.92 Å². The molecule has 0 aliphatic heterocycles. The molecule has 1 atom stereocenters. The second-order valence-electron chi connectivity index (χ2n) is 6.16. The lowest BCUT2D eigenvalue weighted by molar-refractivity contribution is -0.131. The normalized spacial score (nSPS) is 11.4. The maximum absolute atomic E-state index is 12.5. The van der Waals surface area contributed by atoms with Gasteiger partial charge in [0.25, 0.3) is 0 Å². The number of carbonyl (C=O) groups excluding carboxylic acids is 3. The van der Waals surface area contributed by atoms with E-state index in [1.54, 1.807) is 60.7 Å². The van der Waals surface area contributed by atoms with Gasteiger partial charge in [-0.05, 0) is 37.1 Å². The van der Waals surface area contributed by atoms with Gasteiger partial charge >= 0.3 is 11.9 Å². The smallest absolute Gasteiger partial charge is 0.338 e. The zero-order valence-electron chi connectivity index (χ0n) is 15.4. The molecule has 2 aromatic carbocycles. The zero-order valence-corrected chi connectivity index (χ0v) is 15.4. The van der Waals surface area contributed by atoms with Crippen LogP contribution in [0.2, 0.25) is 0 Å². The molecule has 0 saturated heterocycles. The first-order valence-corrected chi connectivity index (χ1v) is 9.12. The number of benzene rings is 2. The van der Waals surface area contributed by atoms with Crippen molar-refractivity contribution in [1.29, 1.82) is 0 Å². The van der Waals surface area contributed by atoms with Crippen molar-refractivity contribution in [3.05, 3.63) is 71.8 Å². The fourth-order valence-electron chi connectivity index (χ4n) is 2.52. The average molecular weight is 368 g/mol. The second-order valence-corrected chi connectivity index (χ2v) is 6.16. The van der Waals surface area contributed by atoms with Crippen LogP contribution < -0.4 is 0 Å². The molecule has 0 radical (unpaired) electrons. The molecular weight excluding hydrogens is 344 g/mol. The van der Waals surface area contributed by atoms with Gasteiger partial charge in [-0.15, -0.1) is 0 Å². The fourth-order valence-corrected chi connectivity index (χ4v) is 2.52. The van der Waals surface area contributed by atoms with Crippen molar-refractivity contribution < 1.29 is 23.9 Å². The number of esters is 2. The van der Waals surface area contributed by atoms with Crippen LogP contribution in [0.1, 0.15) is 53.3 Å². The Morgan fingerprint density at radius 3 is 1.93 bits per heavy atom. The van der Waals surface area contributed by atoms with Gasteiger partial charge in [-0.2, -0.15) is 0 Å². The minimum absolute atomic E-state index is 0.370. The summed E-state index contributed by atoms with van der Waals surface area (Å²) in [5.74, 6) is -1.55. The van der Waals surface area contributed by atoms with Crippen molar-refractivity contribution in [3.8, 4) is 0 Å². The van der Waals surface area contributed by atoms with Gasteiger partial charge in [0.1, 0.15) is 0 Å². The van der Waals surface area contributed by atoms with Gasteiger partial charge in [-0.1, -0.05) is 56.2 Å². The molecule has 0 aliphatic carbocycles. The Hall–Kier alpha value is -2.95. The summed E-state index contributed by atoms with van der Waals surface area (Å²) in [4.78, 5) is 36.7. The summed E-state index contributed by atoms with van der Waals surface area (Å²) in [6, 6.07) is 17.0. The third-order valence-electron chi connectivity index (χ3n) is 4.04. The van der Waals surface area contributed by atoms with E-state index in [1.165, 1.54) is 0 Å². The zero-order chi connectivity index (χ0) is 19.5. The molecule has 0 unspecified atom stereocenters. The Bertz CT molecular complexity index is 740. The highest BCUT2D eigenvalue weighted by atomic mass is 16.6. The molecule has 0 saturated carbocycles. The molecule has 0 fully saturated rings. The Morgan fingerprint density at radius 2 is 1.37 bits per heavy atom. The predicted octanol–water partition coefficient (Wildman–Crippen LogP) is 4.22. The number of Topliss-reactive ketones (excluding diaryl/α,β-unsaturated/α-hetero) is 1. The van der Waals surface area contributed by atoms with Crippen LogP contribution in [0.25, 0.3) is 0 Å². The van der Waals surface area contributed by atoms with Crippen molar-refractivity contribution in [2.45, 2.75) is 38.7 Å². The molecule has 0 aliphatic rings. The Balaban J connectivity index is 1.96.